The minimum Gasteiger partial charge on any atom is -0.481 e. The van der Waals surface area contributed by atoms with Crippen LogP contribution in [0.5, 0.6) is 0 Å². The first-order chi connectivity index (χ1) is 9.48. The molecule has 0 spiro atoms. The van der Waals surface area contributed by atoms with Gasteiger partial charge in [-0.3, -0.25) is 4.79 Å². The minimum atomic E-state index is -1.15. The number of para-hydroxylation sites is 1. The van der Waals surface area contributed by atoms with Gasteiger partial charge in [0, 0.05) is 0 Å². The molecule has 2 N–H and O–H groups in total. The van der Waals surface area contributed by atoms with Gasteiger partial charge in [-0.1, -0.05) is 32.0 Å². The van der Waals surface area contributed by atoms with E-state index < -0.39 is 23.3 Å². The van der Waals surface area contributed by atoms with E-state index in [9.17, 15) is 19.8 Å². The van der Waals surface area contributed by atoms with Gasteiger partial charge < -0.3 is 10.2 Å². The summed E-state index contributed by atoms with van der Waals surface area (Å²) in [5.41, 5.74) is 0.152. The van der Waals surface area contributed by atoms with Gasteiger partial charge in [-0.25, -0.2) is 9.79 Å². The Morgan fingerprint density at radius 1 is 1.25 bits per heavy atom. The van der Waals surface area contributed by atoms with Crippen molar-refractivity contribution < 1.29 is 19.8 Å². The van der Waals surface area contributed by atoms with Crippen molar-refractivity contribution >= 4 is 23.3 Å². The number of carbonyl (C=O) groups is 2. The second-order valence-electron chi connectivity index (χ2n) is 4.91. The first kappa shape index (κ1) is 14.2. The van der Waals surface area contributed by atoms with Crippen molar-refractivity contribution in [2.75, 3.05) is 0 Å². The van der Waals surface area contributed by atoms with Gasteiger partial charge in [0.1, 0.15) is 5.71 Å². The average molecular weight is 275 g/mol. The van der Waals surface area contributed by atoms with Crippen molar-refractivity contribution in [2.24, 2.45) is 10.9 Å². The molecular weight excluding hydrogens is 258 g/mol. The summed E-state index contributed by atoms with van der Waals surface area (Å²) in [6.07, 6.45) is 0.740. The second kappa shape index (κ2) is 5.07. The number of aliphatic carboxylic acids is 2. The van der Waals surface area contributed by atoms with Crippen LogP contribution >= 0.6 is 0 Å². The highest BCUT2D eigenvalue weighted by atomic mass is 16.4. The Kier molecular flexibility index (Phi) is 3.61. The molecule has 1 aliphatic heterocycles. The molecule has 106 valence electrons. The molecule has 0 aromatic heterocycles. The van der Waals surface area contributed by atoms with Crippen LogP contribution in [0.1, 0.15) is 32.3 Å². The number of aliphatic imine (C=N–C) groups is 1. The predicted molar refractivity (Wildman–Crippen MR) is 74.6 cm³/mol. The third-order valence-electron chi connectivity index (χ3n) is 4.10. The number of carboxylic acids is 2. The van der Waals surface area contributed by atoms with Crippen LogP contribution in [0, 0.1) is 5.92 Å². The van der Waals surface area contributed by atoms with Crippen LogP contribution in [0.25, 0.3) is 0 Å². The van der Waals surface area contributed by atoms with Crippen LogP contribution in [0.15, 0.2) is 29.3 Å². The van der Waals surface area contributed by atoms with Crippen LogP contribution in [0.3, 0.4) is 0 Å². The lowest BCUT2D eigenvalue weighted by atomic mass is 9.65. The zero-order valence-electron chi connectivity index (χ0n) is 11.5. The molecule has 5 heteroatoms. The summed E-state index contributed by atoms with van der Waals surface area (Å²) >= 11 is 0. The topological polar surface area (TPSA) is 87.0 Å². The summed E-state index contributed by atoms with van der Waals surface area (Å²) in [4.78, 5) is 27.4. The zero-order chi connectivity index (χ0) is 14.9. The van der Waals surface area contributed by atoms with Crippen molar-refractivity contribution in [3.05, 3.63) is 29.8 Å². The summed E-state index contributed by atoms with van der Waals surface area (Å²) in [5.74, 6) is -2.94. The SMILES string of the molecule is CCC(C(=O)O)C1(CC)C(C(=O)O)=Nc2ccccc21. The van der Waals surface area contributed by atoms with E-state index in [1.54, 1.807) is 31.2 Å². The Morgan fingerprint density at radius 2 is 1.90 bits per heavy atom. The van der Waals surface area contributed by atoms with Crippen molar-refractivity contribution in [1.29, 1.82) is 0 Å². The molecule has 0 bridgehead atoms. The lowest BCUT2D eigenvalue weighted by molar-refractivity contribution is -0.143. The highest BCUT2D eigenvalue weighted by Gasteiger charge is 2.52. The number of nitrogens with zero attached hydrogens (tertiary/aromatic N) is 1. The molecule has 5 nitrogen and oxygen atoms in total. The first-order valence-corrected chi connectivity index (χ1v) is 6.63. The summed E-state index contributed by atoms with van der Waals surface area (Å²) in [6.45, 7) is 3.57. The van der Waals surface area contributed by atoms with Crippen LogP contribution in [0.4, 0.5) is 5.69 Å². The predicted octanol–water partition coefficient (Wildman–Crippen LogP) is 2.62. The Morgan fingerprint density at radius 3 is 2.40 bits per heavy atom. The maximum absolute atomic E-state index is 11.6. The van der Waals surface area contributed by atoms with E-state index in [2.05, 4.69) is 4.99 Å². The quantitative estimate of drug-likeness (QED) is 0.864. The van der Waals surface area contributed by atoms with Gasteiger partial charge in [0.25, 0.3) is 0 Å². The highest BCUT2D eigenvalue weighted by molar-refractivity contribution is 6.41. The fourth-order valence-electron chi connectivity index (χ4n) is 3.23. The van der Waals surface area contributed by atoms with E-state index >= 15 is 0 Å². The number of carboxylic acid groups (broad SMARTS) is 2. The molecule has 1 aromatic rings. The molecule has 2 unspecified atom stereocenters. The first-order valence-electron chi connectivity index (χ1n) is 6.63. The number of hydrogen-bond donors (Lipinski definition) is 2. The summed E-state index contributed by atoms with van der Waals surface area (Å²) in [5, 5.41) is 19.0. The third-order valence-corrected chi connectivity index (χ3v) is 4.10. The van der Waals surface area contributed by atoms with Gasteiger partial charge in [-0.15, -0.1) is 0 Å². The molecule has 1 aromatic carbocycles. The Bertz CT molecular complexity index is 593. The van der Waals surface area contributed by atoms with Gasteiger partial charge >= 0.3 is 11.9 Å². The van der Waals surface area contributed by atoms with Gasteiger partial charge in [0.05, 0.1) is 17.0 Å². The number of hydrogen-bond acceptors (Lipinski definition) is 3. The zero-order valence-corrected chi connectivity index (χ0v) is 11.5. The van der Waals surface area contributed by atoms with E-state index in [0.717, 1.165) is 0 Å². The van der Waals surface area contributed by atoms with E-state index in [1.165, 1.54) is 0 Å². The van der Waals surface area contributed by atoms with Crippen molar-refractivity contribution in [3.63, 3.8) is 0 Å². The maximum atomic E-state index is 11.6. The van der Waals surface area contributed by atoms with Gasteiger partial charge in [-0.05, 0) is 24.5 Å². The van der Waals surface area contributed by atoms with E-state index in [-0.39, 0.29) is 5.71 Å². The van der Waals surface area contributed by atoms with Gasteiger partial charge in [0.2, 0.25) is 0 Å². The molecule has 0 saturated heterocycles. The van der Waals surface area contributed by atoms with Crippen molar-refractivity contribution in [1.82, 2.24) is 0 Å². The van der Waals surface area contributed by atoms with Gasteiger partial charge in [0.15, 0.2) is 0 Å². The Balaban J connectivity index is 2.73. The molecule has 20 heavy (non-hydrogen) atoms. The fraction of sp³-hybridized carbons (Fsp3) is 0.400. The van der Waals surface area contributed by atoms with Crippen molar-refractivity contribution in [2.45, 2.75) is 32.1 Å². The van der Waals surface area contributed by atoms with Crippen LogP contribution in [-0.2, 0) is 15.0 Å². The summed E-state index contributed by atoms with van der Waals surface area (Å²) in [6, 6.07) is 7.07. The monoisotopic (exact) mass is 275 g/mol. The average Bonchev–Trinajstić information content (AvgIpc) is 2.75. The standard InChI is InChI=1S/C15H17NO4/c1-3-9(13(17)18)15(4-2)10-7-5-6-8-11(10)16-12(15)14(19)20/h5-9H,3-4H2,1-2H3,(H,17,18)(H,19,20). The highest BCUT2D eigenvalue weighted by Crippen LogP contribution is 2.48. The van der Waals surface area contributed by atoms with Crippen LogP contribution in [0.2, 0.25) is 0 Å². The molecule has 1 aliphatic rings. The molecule has 1 heterocycles. The van der Waals surface area contributed by atoms with Crippen LogP contribution in [-0.4, -0.2) is 27.9 Å². The lowest BCUT2D eigenvalue weighted by Gasteiger charge is -2.34. The molecule has 0 radical (unpaired) electrons. The minimum absolute atomic E-state index is 0.0598. The molecule has 0 saturated carbocycles. The molecule has 0 aliphatic carbocycles. The lowest BCUT2D eigenvalue weighted by Crippen LogP contribution is -2.47. The largest absolute Gasteiger partial charge is 0.481 e. The molecule has 2 atom stereocenters. The Labute approximate surface area is 117 Å². The third kappa shape index (κ3) is 1.81. The number of benzene rings is 1. The van der Waals surface area contributed by atoms with E-state index in [4.69, 9.17) is 0 Å². The maximum Gasteiger partial charge on any atom is 0.351 e. The van der Waals surface area contributed by atoms with Crippen molar-refractivity contribution in [3.8, 4) is 0 Å². The van der Waals surface area contributed by atoms with E-state index in [0.29, 0.717) is 24.1 Å². The second-order valence-corrected chi connectivity index (χ2v) is 4.91. The number of fused-ring (bicyclic) bond motifs is 1. The Hall–Kier alpha value is -2.17. The normalized spacial score (nSPS) is 22.0. The molecular formula is C15H17NO4. The molecule has 0 fully saturated rings. The van der Waals surface area contributed by atoms with E-state index in [1.807, 2.05) is 6.92 Å². The molecule has 0 amide bonds. The summed E-state index contributed by atoms with van der Waals surface area (Å²) < 4.78 is 0. The number of rotatable bonds is 5. The summed E-state index contributed by atoms with van der Waals surface area (Å²) in [7, 11) is 0. The van der Waals surface area contributed by atoms with Gasteiger partial charge in [-0.2, -0.15) is 0 Å². The van der Waals surface area contributed by atoms with Crippen LogP contribution < -0.4 is 0 Å². The smallest absolute Gasteiger partial charge is 0.351 e. The fourth-order valence-corrected chi connectivity index (χ4v) is 3.23. The molecule has 2 rings (SSSR count).